The van der Waals surface area contributed by atoms with Crippen molar-refractivity contribution < 1.29 is 0 Å². The van der Waals surface area contributed by atoms with E-state index in [1.165, 1.54) is 0 Å². The van der Waals surface area contributed by atoms with Gasteiger partial charge in [0.05, 0.1) is 0 Å². The lowest BCUT2D eigenvalue weighted by molar-refractivity contribution is 0.458. The molecule has 0 aliphatic carbocycles. The van der Waals surface area contributed by atoms with E-state index >= 15 is 0 Å². The van der Waals surface area contributed by atoms with E-state index in [-0.39, 0.29) is 5.96 Å². The summed E-state index contributed by atoms with van der Waals surface area (Å²) < 4.78 is 0. The Balaban J connectivity index is 3.91. The largest absolute Gasteiger partial charge is 0.320 e. The third kappa shape index (κ3) is 1.54. The third-order valence-corrected chi connectivity index (χ3v) is 0.488. The second kappa shape index (κ2) is 2.94. The minimum Gasteiger partial charge on any atom is -0.320 e. The van der Waals surface area contributed by atoms with Crippen LogP contribution in [0.1, 0.15) is 0 Å². The van der Waals surface area contributed by atoms with Crippen molar-refractivity contribution in [3.05, 3.63) is 0 Å². The molecule has 8 heavy (non-hydrogen) atoms. The van der Waals surface area contributed by atoms with Crippen LogP contribution < -0.4 is 17.5 Å². The summed E-state index contributed by atoms with van der Waals surface area (Å²) in [5.41, 5.74) is 0. The average molecular weight is 116 g/mol. The van der Waals surface area contributed by atoms with Crippen molar-refractivity contribution in [1.29, 1.82) is 0 Å². The highest BCUT2D eigenvalue weighted by molar-refractivity contribution is 5.82. The Morgan fingerprint density at radius 3 is 2.00 bits per heavy atom. The number of hydrogen-bond acceptors (Lipinski definition) is 4. The molecule has 46 valence electrons. The number of hydrazone groups is 1. The highest BCUT2D eigenvalue weighted by Gasteiger charge is 1.93. The van der Waals surface area contributed by atoms with Gasteiger partial charge in [-0.25, -0.2) is 21.8 Å². The Hall–Kier alpha value is -1.14. The fraction of sp³-hybridized carbons (Fsp3) is 0. The molecule has 6 nitrogen and oxygen atoms in total. The smallest absolute Gasteiger partial charge is 0.270 e. The minimum atomic E-state index is -0.00926. The number of aliphatic imine (C=N–C) groups is 1. The van der Waals surface area contributed by atoms with Crippen molar-refractivity contribution >= 4 is 12.7 Å². The van der Waals surface area contributed by atoms with Crippen LogP contribution in [0.4, 0.5) is 0 Å². The number of nitrogens with two attached hydrogens (primary N) is 3. The normalized spacial score (nSPS) is 11.0. The van der Waals surface area contributed by atoms with Crippen molar-refractivity contribution in [1.82, 2.24) is 5.12 Å². The summed E-state index contributed by atoms with van der Waals surface area (Å²) in [6.45, 7) is 3.09. The molecular weight excluding hydrogens is 108 g/mol. The van der Waals surface area contributed by atoms with Gasteiger partial charge in [-0.1, -0.05) is 0 Å². The van der Waals surface area contributed by atoms with Crippen molar-refractivity contribution in [2.24, 2.45) is 27.6 Å². The van der Waals surface area contributed by atoms with E-state index in [1.807, 2.05) is 0 Å². The van der Waals surface area contributed by atoms with Crippen LogP contribution in [-0.4, -0.2) is 17.8 Å². The van der Waals surface area contributed by atoms with Crippen LogP contribution in [0.3, 0.4) is 0 Å². The van der Waals surface area contributed by atoms with Gasteiger partial charge in [0.2, 0.25) is 0 Å². The molecule has 0 atom stereocenters. The number of guanidine groups is 1. The van der Waals surface area contributed by atoms with Gasteiger partial charge in [0, 0.05) is 0 Å². The molecular formula is C2H8N6. The standard InChI is InChI=1S/C2H8N6/c1-6-2(7-3)8(4)5/h1,3-5H2. The molecule has 0 aromatic carbocycles. The van der Waals surface area contributed by atoms with Crippen LogP contribution >= 0.6 is 0 Å². The van der Waals surface area contributed by atoms with Gasteiger partial charge in [-0.15, -0.1) is 5.10 Å². The maximum atomic E-state index is 4.92. The van der Waals surface area contributed by atoms with E-state index in [9.17, 15) is 0 Å². The Kier molecular flexibility index (Phi) is 2.52. The molecule has 0 fully saturated rings. The van der Waals surface area contributed by atoms with Crippen LogP contribution in [0.15, 0.2) is 10.1 Å². The first-order chi connectivity index (χ1) is 3.72. The molecule has 0 heterocycles. The molecule has 0 aromatic heterocycles. The van der Waals surface area contributed by atoms with Crippen LogP contribution in [0.5, 0.6) is 0 Å². The lowest BCUT2D eigenvalue weighted by Crippen LogP contribution is -2.42. The second-order valence-electron chi connectivity index (χ2n) is 0.994. The van der Waals surface area contributed by atoms with Crippen LogP contribution in [0.25, 0.3) is 0 Å². The summed E-state index contributed by atoms with van der Waals surface area (Å²) in [7, 11) is 0. The predicted molar refractivity (Wildman–Crippen MR) is 31.4 cm³/mol. The quantitative estimate of drug-likeness (QED) is 0.147. The summed E-state index contributed by atoms with van der Waals surface area (Å²) in [6, 6.07) is 0. The number of rotatable bonds is 0. The molecule has 0 aromatic rings. The maximum absolute atomic E-state index is 4.92. The van der Waals surface area contributed by atoms with E-state index in [1.54, 1.807) is 0 Å². The molecule has 0 rings (SSSR count). The first-order valence-corrected chi connectivity index (χ1v) is 1.76. The highest BCUT2D eigenvalue weighted by atomic mass is 15.6. The Morgan fingerprint density at radius 1 is 1.50 bits per heavy atom. The fourth-order valence-corrected chi connectivity index (χ4v) is 0.189. The lowest BCUT2D eigenvalue weighted by atomic mass is 11.0. The summed E-state index contributed by atoms with van der Waals surface area (Å²) in [6.07, 6.45) is 0. The first kappa shape index (κ1) is 6.86. The van der Waals surface area contributed by atoms with Crippen LogP contribution in [-0.2, 0) is 0 Å². The zero-order valence-electron chi connectivity index (χ0n) is 4.28. The van der Waals surface area contributed by atoms with E-state index < -0.39 is 0 Å². The Morgan fingerprint density at radius 2 is 2.00 bits per heavy atom. The van der Waals surface area contributed by atoms with Crippen LogP contribution in [0, 0.1) is 0 Å². The van der Waals surface area contributed by atoms with Crippen molar-refractivity contribution in [2.45, 2.75) is 0 Å². The van der Waals surface area contributed by atoms with E-state index in [4.69, 9.17) is 17.5 Å². The van der Waals surface area contributed by atoms with E-state index in [0.29, 0.717) is 5.12 Å². The summed E-state index contributed by atoms with van der Waals surface area (Å²) in [5, 5.41) is 3.74. The average Bonchev–Trinajstić information content (AvgIpc) is 1.69. The van der Waals surface area contributed by atoms with Gasteiger partial charge in [-0.2, -0.15) is 0 Å². The third-order valence-electron chi connectivity index (χ3n) is 0.488. The predicted octanol–water partition coefficient (Wildman–Crippen LogP) is -2.03. The van der Waals surface area contributed by atoms with Crippen molar-refractivity contribution in [2.75, 3.05) is 0 Å². The summed E-state index contributed by atoms with van der Waals surface area (Å²) in [4.78, 5) is 3.26. The van der Waals surface area contributed by atoms with Gasteiger partial charge in [0.25, 0.3) is 5.96 Å². The molecule has 0 bridgehead atoms. The number of hydrazine groups is 2. The Bertz CT molecular complexity index is 103. The highest BCUT2D eigenvalue weighted by Crippen LogP contribution is 1.71. The Labute approximate surface area is 46.6 Å². The van der Waals surface area contributed by atoms with Gasteiger partial charge in [-0.3, -0.25) is 0 Å². The van der Waals surface area contributed by atoms with Gasteiger partial charge < -0.3 is 5.84 Å². The first-order valence-electron chi connectivity index (χ1n) is 1.76. The monoisotopic (exact) mass is 116 g/mol. The molecule has 0 spiro atoms. The summed E-state index contributed by atoms with van der Waals surface area (Å²) in [5.74, 6) is 14.6. The minimum absolute atomic E-state index is 0.00926. The molecule has 6 heteroatoms. The molecule has 6 N–H and O–H groups in total. The fourth-order valence-electron chi connectivity index (χ4n) is 0.189. The van der Waals surface area contributed by atoms with Crippen molar-refractivity contribution in [3.63, 3.8) is 0 Å². The summed E-state index contributed by atoms with van der Waals surface area (Å²) >= 11 is 0. The van der Waals surface area contributed by atoms with E-state index in [0.717, 1.165) is 0 Å². The molecule has 0 saturated heterocycles. The second-order valence-corrected chi connectivity index (χ2v) is 0.994. The number of nitrogens with zero attached hydrogens (tertiary/aromatic N) is 3. The maximum Gasteiger partial charge on any atom is 0.270 e. The van der Waals surface area contributed by atoms with Gasteiger partial charge >= 0.3 is 0 Å². The van der Waals surface area contributed by atoms with E-state index in [2.05, 4.69) is 16.8 Å². The molecule has 0 aliphatic heterocycles. The number of hydrogen-bond donors (Lipinski definition) is 3. The van der Waals surface area contributed by atoms with Crippen molar-refractivity contribution in [3.8, 4) is 0 Å². The van der Waals surface area contributed by atoms with Gasteiger partial charge in [-0.05, 0) is 6.72 Å². The SMILES string of the molecule is C=NC(=NN)N(N)N. The van der Waals surface area contributed by atoms with Gasteiger partial charge in [0.1, 0.15) is 0 Å². The molecule has 0 unspecified atom stereocenters. The molecule has 0 aliphatic rings. The zero-order valence-corrected chi connectivity index (χ0v) is 4.28. The zero-order chi connectivity index (χ0) is 6.57. The van der Waals surface area contributed by atoms with Gasteiger partial charge in [0.15, 0.2) is 0 Å². The molecule has 0 radical (unpaired) electrons. The molecule has 0 amide bonds. The lowest BCUT2D eigenvalue weighted by Gasteiger charge is -2.06. The van der Waals surface area contributed by atoms with Crippen LogP contribution in [0.2, 0.25) is 0 Å². The molecule has 0 saturated carbocycles. The topological polar surface area (TPSA) is 106 Å².